The van der Waals surface area contributed by atoms with Crippen molar-refractivity contribution >= 4 is 0 Å². The van der Waals surface area contributed by atoms with Crippen LogP contribution in [0.5, 0.6) is 0 Å². The SMILES string of the molecule is CCCCOCCOCCOCCNC(CO)CC(C)C. The van der Waals surface area contributed by atoms with Gasteiger partial charge in [0.15, 0.2) is 0 Å². The summed E-state index contributed by atoms with van der Waals surface area (Å²) in [7, 11) is 0. The molecular weight excluding hydrogens is 270 g/mol. The number of unbranched alkanes of at least 4 members (excludes halogenated alkanes) is 1. The van der Waals surface area contributed by atoms with Gasteiger partial charge in [0.1, 0.15) is 0 Å². The molecule has 5 heteroatoms. The first-order valence-corrected chi connectivity index (χ1v) is 8.28. The number of ether oxygens (including phenoxy) is 3. The van der Waals surface area contributed by atoms with Crippen molar-refractivity contribution in [3.8, 4) is 0 Å². The molecule has 0 heterocycles. The third-order valence-electron chi connectivity index (χ3n) is 3.04. The summed E-state index contributed by atoms with van der Waals surface area (Å²) in [5.41, 5.74) is 0. The molecule has 128 valence electrons. The summed E-state index contributed by atoms with van der Waals surface area (Å²) in [5.74, 6) is 0.587. The summed E-state index contributed by atoms with van der Waals surface area (Å²) in [5, 5.41) is 12.5. The van der Waals surface area contributed by atoms with Crippen LogP contribution in [0.25, 0.3) is 0 Å². The van der Waals surface area contributed by atoms with E-state index in [1.807, 2.05) is 0 Å². The van der Waals surface area contributed by atoms with E-state index in [0.29, 0.717) is 39.0 Å². The highest BCUT2D eigenvalue weighted by atomic mass is 16.5. The van der Waals surface area contributed by atoms with Crippen molar-refractivity contribution in [2.75, 3.05) is 52.8 Å². The lowest BCUT2D eigenvalue weighted by atomic mass is 10.0. The molecule has 0 aromatic heterocycles. The third-order valence-corrected chi connectivity index (χ3v) is 3.04. The van der Waals surface area contributed by atoms with Gasteiger partial charge in [-0.2, -0.15) is 0 Å². The van der Waals surface area contributed by atoms with Gasteiger partial charge >= 0.3 is 0 Å². The Kier molecular flexibility index (Phi) is 16.0. The molecular formula is C16H35NO4. The van der Waals surface area contributed by atoms with Crippen molar-refractivity contribution < 1.29 is 19.3 Å². The molecule has 0 aromatic carbocycles. The fourth-order valence-corrected chi connectivity index (χ4v) is 1.91. The molecule has 0 aliphatic heterocycles. The highest BCUT2D eigenvalue weighted by molar-refractivity contribution is 4.66. The average molecular weight is 305 g/mol. The van der Waals surface area contributed by atoms with Crippen molar-refractivity contribution in [2.45, 2.75) is 46.1 Å². The highest BCUT2D eigenvalue weighted by Gasteiger charge is 2.08. The van der Waals surface area contributed by atoms with Crippen LogP contribution in [-0.4, -0.2) is 63.9 Å². The minimum absolute atomic E-state index is 0.171. The van der Waals surface area contributed by atoms with Crippen LogP contribution in [0.3, 0.4) is 0 Å². The maximum absolute atomic E-state index is 9.22. The molecule has 2 N–H and O–H groups in total. The van der Waals surface area contributed by atoms with Gasteiger partial charge in [-0.25, -0.2) is 0 Å². The second kappa shape index (κ2) is 16.2. The van der Waals surface area contributed by atoms with Gasteiger partial charge in [-0.05, 0) is 18.8 Å². The molecule has 0 rings (SSSR count). The molecule has 0 fully saturated rings. The van der Waals surface area contributed by atoms with E-state index in [2.05, 4.69) is 26.1 Å². The number of aliphatic hydroxyl groups is 1. The van der Waals surface area contributed by atoms with Crippen LogP contribution in [0.15, 0.2) is 0 Å². The molecule has 0 bridgehead atoms. The Hall–Kier alpha value is -0.200. The summed E-state index contributed by atoms with van der Waals surface area (Å²) in [6.45, 7) is 11.4. The summed E-state index contributed by atoms with van der Waals surface area (Å²) in [6, 6.07) is 0.171. The van der Waals surface area contributed by atoms with Gasteiger partial charge in [0, 0.05) is 19.2 Å². The fraction of sp³-hybridized carbons (Fsp3) is 1.00. The molecule has 0 saturated heterocycles. The quantitative estimate of drug-likeness (QED) is 0.426. The normalized spacial score (nSPS) is 13.0. The molecule has 1 unspecified atom stereocenters. The first-order chi connectivity index (χ1) is 10.2. The van der Waals surface area contributed by atoms with Crippen LogP contribution in [0.4, 0.5) is 0 Å². The van der Waals surface area contributed by atoms with Gasteiger partial charge in [-0.1, -0.05) is 27.2 Å². The van der Waals surface area contributed by atoms with Crippen molar-refractivity contribution in [2.24, 2.45) is 5.92 Å². The standard InChI is InChI=1S/C16H35NO4/c1-4-5-7-19-9-11-21-12-10-20-8-6-17-16(14-18)13-15(2)3/h15-18H,4-14H2,1-3H3. The van der Waals surface area contributed by atoms with E-state index >= 15 is 0 Å². The molecule has 0 amide bonds. The Morgan fingerprint density at radius 1 is 0.905 bits per heavy atom. The van der Waals surface area contributed by atoms with Gasteiger partial charge < -0.3 is 24.6 Å². The van der Waals surface area contributed by atoms with Crippen LogP contribution in [0, 0.1) is 5.92 Å². The molecule has 0 radical (unpaired) electrons. The van der Waals surface area contributed by atoms with E-state index in [1.54, 1.807) is 0 Å². The molecule has 5 nitrogen and oxygen atoms in total. The third kappa shape index (κ3) is 16.0. The van der Waals surface area contributed by atoms with Gasteiger partial charge in [-0.3, -0.25) is 0 Å². The van der Waals surface area contributed by atoms with Crippen LogP contribution in [0.1, 0.15) is 40.0 Å². The van der Waals surface area contributed by atoms with Crippen molar-refractivity contribution in [1.82, 2.24) is 5.32 Å². The average Bonchev–Trinajstić information content (AvgIpc) is 2.46. The van der Waals surface area contributed by atoms with E-state index in [1.165, 1.54) is 0 Å². The topological polar surface area (TPSA) is 60.0 Å². The molecule has 0 aliphatic carbocycles. The van der Waals surface area contributed by atoms with Crippen molar-refractivity contribution in [1.29, 1.82) is 0 Å². The minimum atomic E-state index is 0.171. The molecule has 0 aliphatic rings. The molecule has 0 saturated carbocycles. The van der Waals surface area contributed by atoms with E-state index in [-0.39, 0.29) is 12.6 Å². The van der Waals surface area contributed by atoms with E-state index in [4.69, 9.17) is 14.2 Å². The first-order valence-electron chi connectivity index (χ1n) is 8.28. The Labute approximate surface area is 130 Å². The Morgan fingerprint density at radius 2 is 1.48 bits per heavy atom. The smallest absolute Gasteiger partial charge is 0.0701 e. The lowest BCUT2D eigenvalue weighted by Gasteiger charge is -2.18. The van der Waals surface area contributed by atoms with E-state index < -0.39 is 0 Å². The van der Waals surface area contributed by atoms with Crippen molar-refractivity contribution in [3.05, 3.63) is 0 Å². The maximum Gasteiger partial charge on any atom is 0.0701 e. The number of hydrogen-bond donors (Lipinski definition) is 2. The zero-order valence-electron chi connectivity index (χ0n) is 14.1. The molecule has 1 atom stereocenters. The Morgan fingerprint density at radius 3 is 2.00 bits per heavy atom. The van der Waals surface area contributed by atoms with Gasteiger partial charge in [0.25, 0.3) is 0 Å². The summed E-state index contributed by atoms with van der Waals surface area (Å²) in [4.78, 5) is 0. The van der Waals surface area contributed by atoms with Crippen LogP contribution in [-0.2, 0) is 14.2 Å². The van der Waals surface area contributed by atoms with Crippen molar-refractivity contribution in [3.63, 3.8) is 0 Å². The van der Waals surface area contributed by atoms with Crippen LogP contribution in [0.2, 0.25) is 0 Å². The molecule has 21 heavy (non-hydrogen) atoms. The summed E-state index contributed by atoms with van der Waals surface area (Å²) in [6.07, 6.45) is 3.26. The first kappa shape index (κ1) is 20.8. The lowest BCUT2D eigenvalue weighted by molar-refractivity contribution is 0.0141. The Bertz CT molecular complexity index is 203. The second-order valence-corrected chi connectivity index (χ2v) is 5.65. The largest absolute Gasteiger partial charge is 0.395 e. The fourth-order valence-electron chi connectivity index (χ4n) is 1.91. The number of nitrogens with one attached hydrogen (secondary N) is 1. The molecule has 0 aromatic rings. The van der Waals surface area contributed by atoms with Crippen LogP contribution < -0.4 is 5.32 Å². The summed E-state index contributed by atoms with van der Waals surface area (Å²) < 4.78 is 16.3. The van der Waals surface area contributed by atoms with Gasteiger partial charge in [-0.15, -0.1) is 0 Å². The van der Waals surface area contributed by atoms with Gasteiger partial charge in [0.05, 0.1) is 39.6 Å². The zero-order chi connectivity index (χ0) is 15.8. The lowest BCUT2D eigenvalue weighted by Crippen LogP contribution is -2.36. The predicted molar refractivity (Wildman–Crippen MR) is 85.7 cm³/mol. The van der Waals surface area contributed by atoms with E-state index in [9.17, 15) is 5.11 Å². The predicted octanol–water partition coefficient (Wildman–Crippen LogP) is 1.83. The summed E-state index contributed by atoms with van der Waals surface area (Å²) >= 11 is 0. The highest BCUT2D eigenvalue weighted by Crippen LogP contribution is 2.03. The Balaban J connectivity index is 3.18. The van der Waals surface area contributed by atoms with Gasteiger partial charge in [0.2, 0.25) is 0 Å². The zero-order valence-corrected chi connectivity index (χ0v) is 14.1. The maximum atomic E-state index is 9.22. The van der Waals surface area contributed by atoms with E-state index in [0.717, 1.165) is 32.4 Å². The van der Waals surface area contributed by atoms with Crippen LogP contribution >= 0.6 is 0 Å². The molecule has 0 spiro atoms. The number of rotatable bonds is 16. The number of hydrogen-bond acceptors (Lipinski definition) is 5. The minimum Gasteiger partial charge on any atom is -0.395 e. The second-order valence-electron chi connectivity index (χ2n) is 5.65. The monoisotopic (exact) mass is 305 g/mol. The number of aliphatic hydroxyl groups excluding tert-OH is 1.